The van der Waals surface area contributed by atoms with E-state index in [4.69, 9.17) is 0 Å². The lowest BCUT2D eigenvalue weighted by Gasteiger charge is -2.43. The first kappa shape index (κ1) is 15.8. The summed E-state index contributed by atoms with van der Waals surface area (Å²) in [5, 5.41) is 11.6. The first-order valence-electron chi connectivity index (χ1n) is 7.83. The van der Waals surface area contributed by atoms with Gasteiger partial charge >= 0.3 is 0 Å². The highest BCUT2D eigenvalue weighted by atomic mass is 16.3. The van der Waals surface area contributed by atoms with Gasteiger partial charge in [0.15, 0.2) is 0 Å². The van der Waals surface area contributed by atoms with E-state index in [0.717, 1.165) is 24.0 Å². The second-order valence-corrected chi connectivity index (χ2v) is 6.36. The number of aliphatic hydroxyl groups is 1. The van der Waals surface area contributed by atoms with Gasteiger partial charge in [0.2, 0.25) is 0 Å². The fraction of sp³-hybridized carbons (Fsp3) is 0.400. The minimum atomic E-state index is -0.977. The van der Waals surface area contributed by atoms with E-state index in [-0.39, 0.29) is 5.41 Å². The first-order chi connectivity index (χ1) is 9.95. The molecule has 0 aliphatic rings. The van der Waals surface area contributed by atoms with Gasteiger partial charge in [0, 0.05) is 5.41 Å². The third-order valence-electron chi connectivity index (χ3n) is 4.83. The summed E-state index contributed by atoms with van der Waals surface area (Å²) in [4.78, 5) is 0. The van der Waals surface area contributed by atoms with E-state index in [0.29, 0.717) is 0 Å². The molecule has 1 atom stereocenters. The van der Waals surface area contributed by atoms with Crippen LogP contribution < -0.4 is 0 Å². The Morgan fingerprint density at radius 2 is 1.33 bits per heavy atom. The van der Waals surface area contributed by atoms with Gasteiger partial charge in [-0.2, -0.15) is 0 Å². The molecule has 0 bridgehead atoms. The highest BCUT2D eigenvalue weighted by Gasteiger charge is 2.45. The van der Waals surface area contributed by atoms with Crippen LogP contribution in [-0.4, -0.2) is 5.11 Å². The van der Waals surface area contributed by atoms with Gasteiger partial charge in [0.05, 0.1) is 0 Å². The van der Waals surface area contributed by atoms with Crippen LogP contribution in [0.3, 0.4) is 0 Å². The average molecular weight is 282 g/mol. The quantitative estimate of drug-likeness (QED) is 0.825. The normalized spacial score (nSPS) is 14.7. The molecule has 0 fully saturated rings. The number of hydrogen-bond donors (Lipinski definition) is 1. The highest BCUT2D eigenvalue weighted by Crippen LogP contribution is 2.46. The second-order valence-electron chi connectivity index (χ2n) is 6.36. The van der Waals surface area contributed by atoms with Crippen molar-refractivity contribution in [3.63, 3.8) is 0 Å². The van der Waals surface area contributed by atoms with Gasteiger partial charge in [-0.25, -0.2) is 0 Å². The second kappa shape index (κ2) is 6.03. The molecule has 0 aliphatic carbocycles. The Balaban J connectivity index is 2.60. The van der Waals surface area contributed by atoms with E-state index in [2.05, 4.69) is 52.0 Å². The molecule has 0 saturated carbocycles. The van der Waals surface area contributed by atoms with E-state index >= 15 is 0 Å². The maximum absolute atomic E-state index is 11.6. The molecule has 0 amide bonds. The van der Waals surface area contributed by atoms with Gasteiger partial charge in [-0.15, -0.1) is 0 Å². The van der Waals surface area contributed by atoms with Crippen LogP contribution in [0, 0.1) is 5.41 Å². The standard InChI is InChI=1S/C20H26O/c1-5-16-12-14-18(15-13-16)20(21,19(3,4)6-2)17-10-8-7-9-11-17/h7-15,21H,5-6H2,1-4H3. The molecule has 1 N–H and O–H groups in total. The average Bonchev–Trinajstić information content (AvgIpc) is 2.54. The van der Waals surface area contributed by atoms with Crippen LogP contribution in [0.25, 0.3) is 0 Å². The summed E-state index contributed by atoms with van der Waals surface area (Å²) in [6.45, 7) is 8.55. The molecule has 0 aliphatic heterocycles. The van der Waals surface area contributed by atoms with E-state index in [1.54, 1.807) is 0 Å². The first-order valence-corrected chi connectivity index (χ1v) is 7.83. The highest BCUT2D eigenvalue weighted by molar-refractivity contribution is 5.39. The molecule has 0 saturated heterocycles. The van der Waals surface area contributed by atoms with Crippen LogP contribution in [0.4, 0.5) is 0 Å². The SMILES string of the molecule is CCc1ccc(C(O)(c2ccccc2)C(C)(C)CC)cc1. The molecule has 1 unspecified atom stereocenters. The van der Waals surface area contributed by atoms with Crippen molar-refractivity contribution >= 4 is 0 Å². The van der Waals surface area contributed by atoms with Crippen molar-refractivity contribution in [3.8, 4) is 0 Å². The third-order valence-corrected chi connectivity index (χ3v) is 4.83. The van der Waals surface area contributed by atoms with Crippen LogP contribution in [0.5, 0.6) is 0 Å². The van der Waals surface area contributed by atoms with Gasteiger partial charge in [0.1, 0.15) is 5.60 Å². The Labute approximate surface area is 128 Å². The monoisotopic (exact) mass is 282 g/mol. The van der Waals surface area contributed by atoms with E-state index in [9.17, 15) is 5.11 Å². The molecule has 21 heavy (non-hydrogen) atoms. The van der Waals surface area contributed by atoms with Crippen LogP contribution in [0.1, 0.15) is 50.8 Å². The van der Waals surface area contributed by atoms with Gasteiger partial charge in [0.25, 0.3) is 0 Å². The fourth-order valence-corrected chi connectivity index (χ4v) is 2.86. The molecule has 2 aromatic rings. The summed E-state index contributed by atoms with van der Waals surface area (Å²) in [7, 11) is 0. The zero-order valence-corrected chi connectivity index (χ0v) is 13.6. The Morgan fingerprint density at radius 3 is 1.81 bits per heavy atom. The Bertz CT molecular complexity index is 569. The van der Waals surface area contributed by atoms with E-state index in [1.165, 1.54) is 5.56 Å². The number of aryl methyl sites for hydroxylation is 1. The molecule has 0 heterocycles. The van der Waals surface area contributed by atoms with Crippen LogP contribution >= 0.6 is 0 Å². The maximum atomic E-state index is 11.6. The summed E-state index contributed by atoms with van der Waals surface area (Å²) in [5.74, 6) is 0. The summed E-state index contributed by atoms with van der Waals surface area (Å²) in [6.07, 6.45) is 1.91. The predicted molar refractivity (Wildman–Crippen MR) is 89.3 cm³/mol. The molecule has 2 aromatic carbocycles. The number of benzene rings is 2. The zero-order chi connectivity index (χ0) is 15.5. The van der Waals surface area contributed by atoms with Gasteiger partial charge in [-0.1, -0.05) is 82.3 Å². The summed E-state index contributed by atoms with van der Waals surface area (Å²) >= 11 is 0. The molecule has 112 valence electrons. The molecule has 0 aromatic heterocycles. The molecule has 0 spiro atoms. The van der Waals surface area contributed by atoms with Crippen molar-refractivity contribution in [1.29, 1.82) is 0 Å². The van der Waals surface area contributed by atoms with E-state index < -0.39 is 5.60 Å². The predicted octanol–water partition coefficient (Wildman–Crippen LogP) is 4.92. The smallest absolute Gasteiger partial charge is 0.120 e. The van der Waals surface area contributed by atoms with Crippen LogP contribution in [-0.2, 0) is 12.0 Å². The zero-order valence-electron chi connectivity index (χ0n) is 13.6. The van der Waals surface area contributed by atoms with Crippen molar-refractivity contribution in [2.24, 2.45) is 5.41 Å². The van der Waals surface area contributed by atoms with Crippen molar-refractivity contribution < 1.29 is 5.11 Å². The van der Waals surface area contributed by atoms with Crippen LogP contribution in [0.2, 0.25) is 0 Å². The molecule has 2 rings (SSSR count). The van der Waals surface area contributed by atoms with Crippen molar-refractivity contribution in [2.45, 2.75) is 46.1 Å². The lowest BCUT2D eigenvalue weighted by Crippen LogP contribution is -2.42. The maximum Gasteiger partial charge on any atom is 0.120 e. The van der Waals surface area contributed by atoms with Crippen LogP contribution in [0.15, 0.2) is 54.6 Å². The minimum Gasteiger partial charge on any atom is -0.380 e. The number of rotatable bonds is 5. The van der Waals surface area contributed by atoms with Gasteiger partial charge in [-0.05, 0) is 29.5 Å². The van der Waals surface area contributed by atoms with Gasteiger partial charge < -0.3 is 5.11 Å². The number of hydrogen-bond acceptors (Lipinski definition) is 1. The molecule has 1 nitrogen and oxygen atoms in total. The lowest BCUT2D eigenvalue weighted by molar-refractivity contribution is -0.0389. The van der Waals surface area contributed by atoms with Crippen molar-refractivity contribution in [3.05, 3.63) is 71.3 Å². The fourth-order valence-electron chi connectivity index (χ4n) is 2.86. The minimum absolute atomic E-state index is 0.248. The Morgan fingerprint density at radius 1 is 0.810 bits per heavy atom. The summed E-state index contributed by atoms with van der Waals surface area (Å²) in [5.41, 5.74) is 2.00. The van der Waals surface area contributed by atoms with Gasteiger partial charge in [-0.3, -0.25) is 0 Å². The Kier molecular flexibility index (Phi) is 4.53. The molecule has 1 heteroatoms. The topological polar surface area (TPSA) is 20.2 Å². The lowest BCUT2D eigenvalue weighted by atomic mass is 9.66. The van der Waals surface area contributed by atoms with E-state index in [1.807, 2.05) is 30.3 Å². The largest absolute Gasteiger partial charge is 0.380 e. The third kappa shape index (κ3) is 2.75. The summed E-state index contributed by atoms with van der Waals surface area (Å²) < 4.78 is 0. The molecular weight excluding hydrogens is 256 g/mol. The molecule has 0 radical (unpaired) electrons. The Hall–Kier alpha value is -1.60. The van der Waals surface area contributed by atoms with Crippen molar-refractivity contribution in [2.75, 3.05) is 0 Å². The molecular formula is C20H26O. The van der Waals surface area contributed by atoms with Crippen molar-refractivity contribution in [1.82, 2.24) is 0 Å². The summed E-state index contributed by atoms with van der Waals surface area (Å²) in [6, 6.07) is 18.4.